The number of fused-ring (bicyclic) bond motifs is 1. The Morgan fingerprint density at radius 1 is 1.20 bits per heavy atom. The molecule has 3 rings (SSSR count). The number of pyridine rings is 1. The van der Waals surface area contributed by atoms with Gasteiger partial charge in [-0.05, 0) is 12.1 Å². The van der Waals surface area contributed by atoms with Gasteiger partial charge in [-0.2, -0.15) is 0 Å². The van der Waals surface area contributed by atoms with E-state index in [1.54, 1.807) is 18.6 Å². The molecule has 0 radical (unpaired) electrons. The Morgan fingerprint density at radius 3 is 2.75 bits per heavy atom. The summed E-state index contributed by atoms with van der Waals surface area (Å²) in [5.41, 5.74) is 7.81. The summed E-state index contributed by atoms with van der Waals surface area (Å²) in [4.78, 5) is 8.44. The highest BCUT2D eigenvalue weighted by atomic mass is 35.5. The van der Waals surface area contributed by atoms with Crippen molar-refractivity contribution in [1.82, 2.24) is 14.5 Å². The van der Waals surface area contributed by atoms with Crippen molar-refractivity contribution >= 4 is 39.9 Å². The molecule has 0 saturated heterocycles. The molecule has 2 N–H and O–H groups in total. The summed E-state index contributed by atoms with van der Waals surface area (Å²) < 4.78 is 7.59. The molecule has 20 heavy (non-hydrogen) atoms. The first kappa shape index (κ1) is 13.0. The third-order valence-electron chi connectivity index (χ3n) is 2.87. The molecule has 1 aromatic carbocycles. The SMILES string of the molecule is Cn1cnc2c(Oc3cc(Cl)c(Cl)cc3N)nccc21. The van der Waals surface area contributed by atoms with Crippen LogP contribution in [0.15, 0.2) is 30.7 Å². The highest BCUT2D eigenvalue weighted by Gasteiger charge is 2.12. The maximum atomic E-state index is 5.97. The zero-order valence-electron chi connectivity index (χ0n) is 10.5. The minimum atomic E-state index is 0.365. The molecule has 0 unspecified atom stereocenters. The second kappa shape index (κ2) is 4.85. The first-order chi connectivity index (χ1) is 9.56. The minimum absolute atomic E-state index is 0.365. The summed E-state index contributed by atoms with van der Waals surface area (Å²) in [5, 5.41) is 0.740. The summed E-state index contributed by atoms with van der Waals surface area (Å²) in [5.74, 6) is 0.762. The molecule has 0 spiro atoms. The average Bonchev–Trinajstić information content (AvgIpc) is 2.79. The van der Waals surface area contributed by atoms with Crippen molar-refractivity contribution in [3.8, 4) is 11.6 Å². The van der Waals surface area contributed by atoms with Crippen molar-refractivity contribution in [2.45, 2.75) is 0 Å². The fraction of sp³-hybridized carbons (Fsp3) is 0.0769. The molecule has 5 nitrogen and oxygen atoms in total. The van der Waals surface area contributed by atoms with Crippen LogP contribution in [0.4, 0.5) is 5.69 Å². The van der Waals surface area contributed by atoms with Gasteiger partial charge in [0.05, 0.1) is 27.6 Å². The number of nitrogen functional groups attached to an aromatic ring is 1. The van der Waals surface area contributed by atoms with Gasteiger partial charge >= 0.3 is 0 Å². The van der Waals surface area contributed by atoms with E-state index in [0.717, 1.165) is 5.52 Å². The van der Waals surface area contributed by atoms with Gasteiger partial charge in [-0.1, -0.05) is 23.2 Å². The number of nitrogens with two attached hydrogens (primary N) is 1. The highest BCUT2D eigenvalue weighted by Crippen LogP contribution is 2.35. The molecule has 3 aromatic rings. The molecule has 0 aliphatic heterocycles. The lowest BCUT2D eigenvalue weighted by atomic mass is 10.3. The molecule has 2 heterocycles. The molecule has 0 aliphatic carbocycles. The lowest BCUT2D eigenvalue weighted by molar-refractivity contribution is 0.470. The number of ether oxygens (including phenoxy) is 1. The first-order valence-electron chi connectivity index (χ1n) is 5.74. The van der Waals surface area contributed by atoms with E-state index < -0.39 is 0 Å². The number of benzene rings is 1. The molecule has 0 fully saturated rings. The van der Waals surface area contributed by atoms with Crippen LogP contribution in [0.25, 0.3) is 11.0 Å². The highest BCUT2D eigenvalue weighted by molar-refractivity contribution is 6.42. The monoisotopic (exact) mass is 308 g/mol. The van der Waals surface area contributed by atoms with Gasteiger partial charge in [0.15, 0.2) is 11.3 Å². The molecule has 0 bridgehead atoms. The second-order valence-electron chi connectivity index (χ2n) is 4.25. The van der Waals surface area contributed by atoms with Gasteiger partial charge in [0.25, 0.3) is 0 Å². The van der Waals surface area contributed by atoms with Crippen molar-refractivity contribution in [3.05, 3.63) is 40.8 Å². The molecule has 0 saturated carbocycles. The van der Waals surface area contributed by atoms with Crippen molar-refractivity contribution in [1.29, 1.82) is 0 Å². The van der Waals surface area contributed by atoms with Crippen molar-refractivity contribution in [2.75, 3.05) is 5.73 Å². The van der Waals surface area contributed by atoms with E-state index in [1.807, 2.05) is 17.7 Å². The maximum Gasteiger partial charge on any atom is 0.247 e. The van der Waals surface area contributed by atoms with Crippen LogP contribution in [0.2, 0.25) is 10.0 Å². The molecule has 2 aromatic heterocycles. The van der Waals surface area contributed by atoms with Crippen LogP contribution in [0, 0.1) is 0 Å². The van der Waals surface area contributed by atoms with Gasteiger partial charge in [-0.15, -0.1) is 0 Å². The summed E-state index contributed by atoms with van der Waals surface area (Å²) in [6.45, 7) is 0. The van der Waals surface area contributed by atoms with Crippen LogP contribution in [0.5, 0.6) is 11.6 Å². The van der Waals surface area contributed by atoms with E-state index in [0.29, 0.717) is 32.9 Å². The predicted molar refractivity (Wildman–Crippen MR) is 79.5 cm³/mol. The second-order valence-corrected chi connectivity index (χ2v) is 5.06. The van der Waals surface area contributed by atoms with E-state index in [-0.39, 0.29) is 0 Å². The van der Waals surface area contributed by atoms with E-state index >= 15 is 0 Å². The third-order valence-corrected chi connectivity index (χ3v) is 3.59. The number of hydrogen-bond donors (Lipinski definition) is 1. The zero-order chi connectivity index (χ0) is 14.3. The summed E-state index contributed by atoms with van der Waals surface area (Å²) in [6, 6.07) is 4.95. The molecule has 0 amide bonds. The molecular formula is C13H10Cl2N4O. The topological polar surface area (TPSA) is 66.0 Å². The normalized spacial score (nSPS) is 10.9. The number of halogens is 2. The van der Waals surface area contributed by atoms with Crippen molar-refractivity contribution in [3.63, 3.8) is 0 Å². The smallest absolute Gasteiger partial charge is 0.247 e. The Kier molecular flexibility index (Phi) is 3.16. The molecule has 102 valence electrons. The maximum absolute atomic E-state index is 5.97. The van der Waals surface area contributed by atoms with Gasteiger partial charge < -0.3 is 15.0 Å². The van der Waals surface area contributed by atoms with Gasteiger partial charge in [-0.3, -0.25) is 0 Å². The van der Waals surface area contributed by atoms with Crippen LogP contribution in [0.3, 0.4) is 0 Å². The van der Waals surface area contributed by atoms with Gasteiger partial charge in [0.2, 0.25) is 5.88 Å². The van der Waals surface area contributed by atoms with Crippen LogP contribution in [-0.4, -0.2) is 14.5 Å². The van der Waals surface area contributed by atoms with E-state index in [1.165, 1.54) is 6.07 Å². The Bertz CT molecular complexity index is 800. The Balaban J connectivity index is 2.08. The van der Waals surface area contributed by atoms with Crippen LogP contribution in [-0.2, 0) is 7.05 Å². The van der Waals surface area contributed by atoms with Crippen LogP contribution < -0.4 is 10.5 Å². The predicted octanol–water partition coefficient (Wildman–Crippen LogP) is 3.65. The number of imidazole rings is 1. The first-order valence-corrected chi connectivity index (χ1v) is 6.50. The number of aromatic nitrogens is 3. The van der Waals surface area contributed by atoms with E-state index in [9.17, 15) is 0 Å². The Labute approximate surface area is 124 Å². The summed E-state index contributed by atoms with van der Waals surface area (Å²) in [7, 11) is 1.90. The Hall–Kier alpha value is -1.98. The largest absolute Gasteiger partial charge is 0.435 e. The summed E-state index contributed by atoms with van der Waals surface area (Å²) >= 11 is 11.9. The third kappa shape index (κ3) is 2.15. The minimum Gasteiger partial charge on any atom is -0.435 e. The average molecular weight is 309 g/mol. The summed E-state index contributed by atoms with van der Waals surface area (Å²) in [6.07, 6.45) is 3.34. The van der Waals surface area contributed by atoms with E-state index in [4.69, 9.17) is 33.7 Å². The number of anilines is 1. The van der Waals surface area contributed by atoms with E-state index in [2.05, 4.69) is 9.97 Å². The van der Waals surface area contributed by atoms with Gasteiger partial charge in [0, 0.05) is 19.3 Å². The lowest BCUT2D eigenvalue weighted by Crippen LogP contribution is -1.95. The lowest BCUT2D eigenvalue weighted by Gasteiger charge is -2.09. The van der Waals surface area contributed by atoms with Gasteiger partial charge in [0.1, 0.15) is 0 Å². The Morgan fingerprint density at radius 2 is 1.95 bits per heavy atom. The fourth-order valence-corrected chi connectivity index (χ4v) is 2.17. The quantitative estimate of drug-likeness (QED) is 0.734. The number of rotatable bonds is 2. The molecular weight excluding hydrogens is 299 g/mol. The molecule has 0 aliphatic rings. The van der Waals surface area contributed by atoms with Crippen LogP contribution in [0.1, 0.15) is 0 Å². The molecule has 0 atom stereocenters. The number of aryl methyl sites for hydroxylation is 1. The standard InChI is InChI=1S/C13H10Cl2N4O/c1-19-6-18-12-10(19)2-3-17-13(12)20-11-5-8(15)7(14)4-9(11)16/h2-6H,16H2,1H3. The van der Waals surface area contributed by atoms with Crippen LogP contribution >= 0.6 is 23.2 Å². The molecule has 7 heteroatoms. The number of nitrogens with zero attached hydrogens (tertiary/aromatic N) is 3. The van der Waals surface area contributed by atoms with Crippen molar-refractivity contribution in [2.24, 2.45) is 7.05 Å². The fourth-order valence-electron chi connectivity index (χ4n) is 1.85. The van der Waals surface area contributed by atoms with Gasteiger partial charge in [-0.25, -0.2) is 9.97 Å². The zero-order valence-corrected chi connectivity index (χ0v) is 12.0. The van der Waals surface area contributed by atoms with Crippen molar-refractivity contribution < 1.29 is 4.74 Å². The number of hydrogen-bond acceptors (Lipinski definition) is 4.